The topological polar surface area (TPSA) is 91.4 Å². The van der Waals surface area contributed by atoms with Gasteiger partial charge in [0.15, 0.2) is 5.75 Å². The van der Waals surface area contributed by atoms with Gasteiger partial charge in [0.05, 0.1) is 10.6 Å². The summed E-state index contributed by atoms with van der Waals surface area (Å²) in [6, 6.07) is 7.11. The van der Waals surface area contributed by atoms with Crippen molar-refractivity contribution in [3.8, 4) is 11.4 Å². The summed E-state index contributed by atoms with van der Waals surface area (Å²) >= 11 is 0. The zero-order valence-electron chi connectivity index (χ0n) is 11.4. The number of non-ortho nitro benzene ring substituents is 1. The van der Waals surface area contributed by atoms with Crippen molar-refractivity contribution >= 4 is 11.7 Å². The highest BCUT2D eigenvalue weighted by molar-refractivity contribution is 5.69. The first kappa shape index (κ1) is 14.4. The maximum Gasteiger partial charge on any atom is 0.308 e. The van der Waals surface area contributed by atoms with Crippen LogP contribution in [0, 0.1) is 17.0 Å². The van der Waals surface area contributed by atoms with Gasteiger partial charge in [-0.2, -0.15) is 0 Å². The van der Waals surface area contributed by atoms with Crippen molar-refractivity contribution < 1.29 is 14.5 Å². The van der Waals surface area contributed by atoms with E-state index < -0.39 is 16.5 Å². The van der Waals surface area contributed by atoms with Gasteiger partial charge in [0.25, 0.3) is 11.2 Å². The number of benzene rings is 1. The van der Waals surface area contributed by atoms with Crippen LogP contribution >= 0.6 is 0 Å². The van der Waals surface area contributed by atoms with Crippen LogP contribution in [-0.4, -0.2) is 15.5 Å². The minimum atomic E-state index is -0.592. The molecule has 1 aromatic heterocycles. The molecule has 1 aromatic carbocycles. The Morgan fingerprint density at radius 2 is 2.05 bits per heavy atom. The Morgan fingerprint density at radius 3 is 2.62 bits per heavy atom. The molecule has 0 amide bonds. The summed E-state index contributed by atoms with van der Waals surface area (Å²) in [5.74, 6) is -0.687. The molecule has 0 radical (unpaired) electrons. The van der Waals surface area contributed by atoms with Crippen molar-refractivity contribution in [2.45, 2.75) is 13.8 Å². The summed E-state index contributed by atoms with van der Waals surface area (Å²) in [5.41, 5.74) is 0.482. The zero-order valence-corrected chi connectivity index (χ0v) is 11.4. The van der Waals surface area contributed by atoms with Crippen LogP contribution in [0.5, 0.6) is 5.75 Å². The summed E-state index contributed by atoms with van der Waals surface area (Å²) in [6.07, 6.45) is 1.50. The Bertz CT molecular complexity index is 779. The lowest BCUT2D eigenvalue weighted by atomic mass is 10.1. The van der Waals surface area contributed by atoms with E-state index in [2.05, 4.69) is 0 Å². The third-order valence-electron chi connectivity index (χ3n) is 2.82. The fourth-order valence-electron chi connectivity index (χ4n) is 1.92. The van der Waals surface area contributed by atoms with E-state index in [9.17, 15) is 19.7 Å². The highest BCUT2D eigenvalue weighted by Gasteiger charge is 2.12. The Balaban J connectivity index is 2.55. The SMILES string of the molecule is CC(=O)Oc1cccn(-c2ccc([N+](=O)[O-])cc2C)c1=O. The third kappa shape index (κ3) is 2.97. The minimum Gasteiger partial charge on any atom is -0.421 e. The highest BCUT2D eigenvalue weighted by atomic mass is 16.6. The first-order chi connectivity index (χ1) is 9.90. The molecule has 0 bridgehead atoms. The number of aromatic nitrogens is 1. The van der Waals surface area contributed by atoms with Crippen LogP contribution in [0.4, 0.5) is 5.69 Å². The maximum atomic E-state index is 12.2. The molecule has 0 fully saturated rings. The van der Waals surface area contributed by atoms with Gasteiger partial charge in [0.2, 0.25) is 0 Å². The number of carbonyl (C=O) groups excluding carboxylic acids is 1. The number of rotatable bonds is 3. The summed E-state index contributed by atoms with van der Waals surface area (Å²) in [7, 11) is 0. The monoisotopic (exact) mass is 288 g/mol. The molecule has 2 aromatic rings. The second-order valence-electron chi connectivity index (χ2n) is 4.37. The second kappa shape index (κ2) is 5.58. The molecule has 0 saturated heterocycles. The number of nitrogens with zero attached hydrogens (tertiary/aromatic N) is 2. The Hall–Kier alpha value is -2.96. The number of nitro benzene ring substituents is 1. The zero-order chi connectivity index (χ0) is 15.6. The molecule has 0 N–H and O–H groups in total. The molecular formula is C14H12N2O5. The van der Waals surface area contributed by atoms with Crippen LogP contribution in [-0.2, 0) is 4.79 Å². The van der Waals surface area contributed by atoms with Gasteiger partial charge >= 0.3 is 5.97 Å². The number of aryl methyl sites for hydroxylation is 1. The molecule has 21 heavy (non-hydrogen) atoms. The van der Waals surface area contributed by atoms with Crippen molar-refractivity contribution in [1.29, 1.82) is 0 Å². The van der Waals surface area contributed by atoms with Crippen molar-refractivity contribution in [2.75, 3.05) is 0 Å². The molecule has 2 rings (SSSR count). The molecule has 7 heteroatoms. The van der Waals surface area contributed by atoms with E-state index in [1.165, 1.54) is 42.0 Å². The molecule has 0 unspecified atom stereocenters. The molecule has 1 heterocycles. The number of carbonyl (C=O) groups is 1. The van der Waals surface area contributed by atoms with Gasteiger partial charge in [-0.15, -0.1) is 0 Å². The molecule has 108 valence electrons. The molecule has 7 nitrogen and oxygen atoms in total. The first-order valence-electron chi connectivity index (χ1n) is 6.05. The number of esters is 1. The van der Waals surface area contributed by atoms with E-state index in [1.54, 1.807) is 13.0 Å². The third-order valence-corrected chi connectivity index (χ3v) is 2.82. The lowest BCUT2D eigenvalue weighted by Gasteiger charge is -2.10. The van der Waals surface area contributed by atoms with Gasteiger partial charge in [-0.05, 0) is 30.7 Å². The van der Waals surface area contributed by atoms with Crippen molar-refractivity contribution in [2.24, 2.45) is 0 Å². The van der Waals surface area contributed by atoms with Crippen LogP contribution < -0.4 is 10.3 Å². The number of hydrogen-bond acceptors (Lipinski definition) is 5. The maximum absolute atomic E-state index is 12.2. The standard InChI is InChI=1S/C14H12N2O5/c1-9-8-11(16(19)20)5-6-12(9)15-7-3-4-13(14(15)18)21-10(2)17/h3-8H,1-2H3. The number of ether oxygens (including phenoxy) is 1. The van der Waals surface area contributed by atoms with Crippen LogP contribution in [0.1, 0.15) is 12.5 Å². The highest BCUT2D eigenvalue weighted by Crippen LogP contribution is 2.20. The van der Waals surface area contributed by atoms with Gasteiger partial charge in [0.1, 0.15) is 0 Å². The quantitative estimate of drug-likeness (QED) is 0.489. The molecular weight excluding hydrogens is 276 g/mol. The van der Waals surface area contributed by atoms with Crippen molar-refractivity contribution in [3.63, 3.8) is 0 Å². The lowest BCUT2D eigenvalue weighted by molar-refractivity contribution is -0.384. The summed E-state index contributed by atoms with van der Waals surface area (Å²) in [5, 5.41) is 10.7. The molecule has 0 aliphatic carbocycles. The predicted molar refractivity (Wildman–Crippen MR) is 74.7 cm³/mol. The van der Waals surface area contributed by atoms with E-state index in [0.29, 0.717) is 11.3 Å². The van der Waals surface area contributed by atoms with Crippen LogP contribution in [0.25, 0.3) is 5.69 Å². The number of hydrogen-bond donors (Lipinski definition) is 0. The summed E-state index contributed by atoms with van der Waals surface area (Å²) < 4.78 is 6.10. The van der Waals surface area contributed by atoms with Gasteiger partial charge in [-0.1, -0.05) is 0 Å². The van der Waals surface area contributed by atoms with Gasteiger partial charge in [0, 0.05) is 25.3 Å². The van der Waals surface area contributed by atoms with Crippen LogP contribution in [0.15, 0.2) is 41.3 Å². The fourth-order valence-corrected chi connectivity index (χ4v) is 1.92. The summed E-state index contributed by atoms with van der Waals surface area (Å²) in [4.78, 5) is 33.4. The van der Waals surface area contributed by atoms with Crippen molar-refractivity contribution in [3.05, 3.63) is 62.6 Å². The van der Waals surface area contributed by atoms with E-state index in [1.807, 2.05) is 0 Å². The normalized spacial score (nSPS) is 10.2. The van der Waals surface area contributed by atoms with E-state index >= 15 is 0 Å². The predicted octanol–water partition coefficient (Wildman–Crippen LogP) is 1.98. The van der Waals surface area contributed by atoms with E-state index in [-0.39, 0.29) is 11.4 Å². The van der Waals surface area contributed by atoms with Gasteiger partial charge in [-0.25, -0.2) is 0 Å². The van der Waals surface area contributed by atoms with Gasteiger partial charge in [-0.3, -0.25) is 24.3 Å². The second-order valence-corrected chi connectivity index (χ2v) is 4.37. The summed E-state index contributed by atoms with van der Waals surface area (Å²) in [6.45, 7) is 2.86. The fraction of sp³-hybridized carbons (Fsp3) is 0.143. The number of pyridine rings is 1. The minimum absolute atomic E-state index is 0.0551. The van der Waals surface area contributed by atoms with Gasteiger partial charge < -0.3 is 4.74 Å². The smallest absolute Gasteiger partial charge is 0.308 e. The molecule has 0 spiro atoms. The Labute approximate surface area is 119 Å². The molecule has 0 aliphatic rings. The van der Waals surface area contributed by atoms with Crippen molar-refractivity contribution in [1.82, 2.24) is 4.57 Å². The average Bonchev–Trinajstić information content (AvgIpc) is 2.41. The largest absolute Gasteiger partial charge is 0.421 e. The Morgan fingerprint density at radius 1 is 1.33 bits per heavy atom. The van der Waals surface area contributed by atoms with Crippen LogP contribution in [0.3, 0.4) is 0 Å². The molecule has 0 saturated carbocycles. The number of nitro groups is 1. The first-order valence-corrected chi connectivity index (χ1v) is 6.05. The van der Waals surface area contributed by atoms with E-state index in [4.69, 9.17) is 4.74 Å². The molecule has 0 atom stereocenters. The molecule has 0 aliphatic heterocycles. The van der Waals surface area contributed by atoms with Crippen LogP contribution in [0.2, 0.25) is 0 Å². The Kier molecular flexibility index (Phi) is 3.84. The lowest BCUT2D eigenvalue weighted by Crippen LogP contribution is -2.21. The van der Waals surface area contributed by atoms with E-state index in [0.717, 1.165) is 0 Å². The average molecular weight is 288 g/mol.